The van der Waals surface area contributed by atoms with Gasteiger partial charge in [0.05, 0.1) is 20.3 Å². The summed E-state index contributed by atoms with van der Waals surface area (Å²) in [6, 6.07) is 13.6. The van der Waals surface area contributed by atoms with Crippen molar-refractivity contribution in [2.45, 2.75) is 26.4 Å². The molecule has 0 radical (unpaired) electrons. The first kappa shape index (κ1) is 21.1. The van der Waals surface area contributed by atoms with Crippen LogP contribution in [0.4, 0.5) is 5.69 Å². The number of amides is 1. The summed E-state index contributed by atoms with van der Waals surface area (Å²) in [6.45, 7) is 8.31. The number of ether oxygens (including phenoxy) is 2. The minimum Gasteiger partial charge on any atom is -0.497 e. The largest absolute Gasteiger partial charge is 0.497 e. The molecule has 1 aliphatic rings. The van der Waals surface area contributed by atoms with Crippen LogP contribution in [0.2, 0.25) is 0 Å². The van der Waals surface area contributed by atoms with Crippen molar-refractivity contribution in [3.63, 3.8) is 0 Å². The number of benzene rings is 2. The van der Waals surface area contributed by atoms with Crippen molar-refractivity contribution in [2.75, 3.05) is 45.7 Å². The molecule has 1 atom stereocenters. The molecule has 6 nitrogen and oxygen atoms in total. The molecule has 0 unspecified atom stereocenters. The second-order valence-corrected chi connectivity index (χ2v) is 7.47. The van der Waals surface area contributed by atoms with Crippen LogP contribution in [0.25, 0.3) is 0 Å². The minimum atomic E-state index is -0.164. The summed E-state index contributed by atoms with van der Waals surface area (Å²) in [5.74, 6) is 1.75. The molecule has 29 heavy (non-hydrogen) atoms. The number of methoxy groups -OCH3 is 2. The van der Waals surface area contributed by atoms with Gasteiger partial charge in [0.2, 0.25) is 5.91 Å². The molecule has 0 saturated carbocycles. The maximum atomic E-state index is 12.7. The molecule has 6 heteroatoms. The average Bonchev–Trinajstić information content (AvgIpc) is 2.75. The van der Waals surface area contributed by atoms with E-state index in [0.29, 0.717) is 0 Å². The number of aryl methyl sites for hydroxylation is 1. The molecule has 0 aliphatic carbocycles. The number of para-hydroxylation sites is 1. The van der Waals surface area contributed by atoms with Gasteiger partial charge in [0, 0.05) is 44.0 Å². The van der Waals surface area contributed by atoms with Crippen molar-refractivity contribution in [3.05, 3.63) is 53.6 Å². The number of nitrogens with zero attached hydrogens (tertiary/aromatic N) is 2. The number of piperazine rings is 1. The molecule has 3 rings (SSSR count). The zero-order valence-corrected chi connectivity index (χ0v) is 17.8. The van der Waals surface area contributed by atoms with Gasteiger partial charge in [-0.05, 0) is 43.7 Å². The number of anilines is 1. The third kappa shape index (κ3) is 5.28. The smallest absolute Gasteiger partial charge is 0.241 e. The van der Waals surface area contributed by atoms with Gasteiger partial charge < -0.3 is 14.8 Å². The van der Waals surface area contributed by atoms with Crippen molar-refractivity contribution in [3.8, 4) is 11.5 Å². The third-order valence-electron chi connectivity index (χ3n) is 5.62. The van der Waals surface area contributed by atoms with Gasteiger partial charge in [0.25, 0.3) is 0 Å². The molecular formula is C23H31N3O3. The summed E-state index contributed by atoms with van der Waals surface area (Å²) in [5, 5.41) is 3.06. The summed E-state index contributed by atoms with van der Waals surface area (Å²) >= 11 is 0. The van der Waals surface area contributed by atoms with Crippen LogP contribution >= 0.6 is 0 Å². The molecule has 0 spiro atoms. The van der Waals surface area contributed by atoms with E-state index in [1.54, 1.807) is 14.2 Å². The highest BCUT2D eigenvalue weighted by Crippen LogP contribution is 2.26. The zero-order valence-electron chi connectivity index (χ0n) is 17.8. The number of hydrogen-bond donors (Lipinski definition) is 1. The van der Waals surface area contributed by atoms with E-state index in [1.165, 1.54) is 0 Å². The highest BCUT2D eigenvalue weighted by Gasteiger charge is 2.26. The first-order valence-electron chi connectivity index (χ1n) is 10.1. The lowest BCUT2D eigenvalue weighted by Gasteiger charge is -2.37. The summed E-state index contributed by atoms with van der Waals surface area (Å²) in [5.41, 5.74) is 3.07. The molecule has 2 aromatic rings. The molecule has 0 bridgehead atoms. The van der Waals surface area contributed by atoms with Gasteiger partial charge in [0.15, 0.2) is 0 Å². The first-order chi connectivity index (χ1) is 14.0. The van der Waals surface area contributed by atoms with Crippen LogP contribution in [0.1, 0.15) is 18.1 Å². The lowest BCUT2D eigenvalue weighted by Crippen LogP contribution is -2.52. The molecular weight excluding hydrogens is 366 g/mol. The van der Waals surface area contributed by atoms with Gasteiger partial charge in [-0.3, -0.25) is 14.6 Å². The predicted octanol–water partition coefficient (Wildman–Crippen LogP) is 3.16. The Kier molecular flexibility index (Phi) is 7.12. The van der Waals surface area contributed by atoms with Crippen LogP contribution in [-0.4, -0.2) is 62.1 Å². The summed E-state index contributed by atoms with van der Waals surface area (Å²) in [4.78, 5) is 17.3. The second kappa shape index (κ2) is 9.76. The summed E-state index contributed by atoms with van der Waals surface area (Å²) in [6.07, 6.45) is 0. The van der Waals surface area contributed by atoms with E-state index in [2.05, 4.69) is 15.1 Å². The van der Waals surface area contributed by atoms with E-state index in [-0.39, 0.29) is 11.9 Å². The first-order valence-corrected chi connectivity index (χ1v) is 10.1. The Morgan fingerprint density at radius 2 is 1.79 bits per heavy atom. The predicted molar refractivity (Wildman–Crippen MR) is 116 cm³/mol. The molecule has 156 valence electrons. The van der Waals surface area contributed by atoms with Gasteiger partial charge in [-0.1, -0.05) is 18.2 Å². The highest BCUT2D eigenvalue weighted by molar-refractivity contribution is 5.95. The molecule has 2 aromatic carbocycles. The zero-order chi connectivity index (χ0) is 20.8. The molecule has 1 saturated heterocycles. The van der Waals surface area contributed by atoms with Crippen molar-refractivity contribution < 1.29 is 14.3 Å². The maximum absolute atomic E-state index is 12.7. The van der Waals surface area contributed by atoms with Gasteiger partial charge in [-0.2, -0.15) is 0 Å². The van der Waals surface area contributed by atoms with Crippen LogP contribution in [-0.2, 0) is 11.3 Å². The Balaban J connectivity index is 1.55. The van der Waals surface area contributed by atoms with Crippen molar-refractivity contribution in [1.29, 1.82) is 0 Å². The molecule has 1 heterocycles. The van der Waals surface area contributed by atoms with Crippen molar-refractivity contribution in [1.82, 2.24) is 9.80 Å². The normalized spacial score (nSPS) is 16.3. The number of nitrogens with one attached hydrogen (secondary N) is 1. The Bertz CT molecular complexity index is 832. The Morgan fingerprint density at radius 3 is 2.45 bits per heavy atom. The summed E-state index contributed by atoms with van der Waals surface area (Å²) in [7, 11) is 3.37. The van der Waals surface area contributed by atoms with E-state index < -0.39 is 0 Å². The van der Waals surface area contributed by atoms with Gasteiger partial charge >= 0.3 is 0 Å². The molecule has 1 N–H and O–H groups in total. The molecule has 0 aromatic heterocycles. The molecule has 1 amide bonds. The van der Waals surface area contributed by atoms with Crippen molar-refractivity contribution in [2.24, 2.45) is 0 Å². The monoisotopic (exact) mass is 397 g/mol. The highest BCUT2D eigenvalue weighted by atomic mass is 16.5. The third-order valence-corrected chi connectivity index (χ3v) is 5.62. The molecule has 1 fully saturated rings. The fraction of sp³-hybridized carbons (Fsp3) is 0.435. The molecule has 1 aliphatic heterocycles. The standard InChI is InChI=1S/C23H31N3O3/c1-17-7-5-6-8-21(17)24-23(27)18(2)26-13-11-25(12-14-26)16-19-15-20(28-3)9-10-22(19)29-4/h5-10,15,18H,11-14,16H2,1-4H3,(H,24,27)/t18-/m1/s1. The van der Waals surface area contributed by atoms with E-state index in [4.69, 9.17) is 9.47 Å². The fourth-order valence-electron chi connectivity index (χ4n) is 3.67. The number of carbonyl (C=O) groups excluding carboxylic acids is 1. The SMILES string of the molecule is COc1ccc(OC)c(CN2CCN([C@H](C)C(=O)Nc3ccccc3C)CC2)c1. The van der Waals surface area contributed by atoms with Crippen LogP contribution in [0.5, 0.6) is 11.5 Å². The number of rotatable bonds is 7. The topological polar surface area (TPSA) is 54.0 Å². The van der Waals surface area contributed by atoms with E-state index in [1.807, 2.05) is 56.3 Å². The van der Waals surface area contributed by atoms with Crippen LogP contribution in [0, 0.1) is 6.92 Å². The maximum Gasteiger partial charge on any atom is 0.241 e. The Morgan fingerprint density at radius 1 is 1.07 bits per heavy atom. The number of hydrogen-bond acceptors (Lipinski definition) is 5. The Hall–Kier alpha value is -2.57. The Labute approximate surface area is 173 Å². The lowest BCUT2D eigenvalue weighted by atomic mass is 10.1. The van der Waals surface area contributed by atoms with Crippen LogP contribution in [0.15, 0.2) is 42.5 Å². The summed E-state index contributed by atoms with van der Waals surface area (Å²) < 4.78 is 10.8. The second-order valence-electron chi connectivity index (χ2n) is 7.47. The van der Waals surface area contributed by atoms with Gasteiger partial charge in [0.1, 0.15) is 11.5 Å². The van der Waals surface area contributed by atoms with E-state index in [9.17, 15) is 4.79 Å². The average molecular weight is 398 g/mol. The fourth-order valence-corrected chi connectivity index (χ4v) is 3.67. The number of carbonyl (C=O) groups is 1. The van der Waals surface area contributed by atoms with E-state index >= 15 is 0 Å². The van der Waals surface area contributed by atoms with Crippen molar-refractivity contribution >= 4 is 11.6 Å². The quantitative estimate of drug-likeness (QED) is 0.778. The van der Waals surface area contributed by atoms with E-state index in [0.717, 1.165) is 61.0 Å². The minimum absolute atomic E-state index is 0.0437. The van der Waals surface area contributed by atoms with Crippen LogP contribution in [0.3, 0.4) is 0 Å². The lowest BCUT2D eigenvalue weighted by molar-refractivity contribution is -0.121. The van der Waals surface area contributed by atoms with Gasteiger partial charge in [-0.15, -0.1) is 0 Å². The van der Waals surface area contributed by atoms with Gasteiger partial charge in [-0.25, -0.2) is 0 Å². The van der Waals surface area contributed by atoms with Crippen LogP contribution < -0.4 is 14.8 Å².